The van der Waals surface area contributed by atoms with Crippen LogP contribution in [0.3, 0.4) is 0 Å². The quantitative estimate of drug-likeness (QED) is 0.874. The number of carbonyl (C=O) groups excluding carboxylic acids is 1. The maximum Gasteiger partial charge on any atom is 0.410 e. The van der Waals surface area contributed by atoms with Gasteiger partial charge < -0.3 is 14.7 Å². The molecule has 0 aromatic heterocycles. The molecule has 2 aromatic carbocycles. The van der Waals surface area contributed by atoms with Crippen LogP contribution in [0.2, 0.25) is 0 Å². The first-order valence-corrected chi connectivity index (χ1v) is 9.99. The summed E-state index contributed by atoms with van der Waals surface area (Å²) in [6.45, 7) is 0.775. The van der Waals surface area contributed by atoms with E-state index >= 15 is 0 Å². The van der Waals surface area contributed by atoms with E-state index in [4.69, 9.17) is 4.74 Å². The smallest absolute Gasteiger partial charge is 0.410 e. The number of benzene rings is 2. The number of nitrogens with zero attached hydrogens (tertiary/aromatic N) is 1. The third-order valence-electron chi connectivity index (χ3n) is 6.68. The largest absolute Gasteiger partial charge is 0.481 e. The molecule has 1 N–H and O–H groups in total. The topological polar surface area (TPSA) is 66.8 Å². The van der Waals surface area contributed by atoms with E-state index in [1.54, 1.807) is 4.90 Å². The molecular formula is C23H23NO4. The van der Waals surface area contributed by atoms with E-state index < -0.39 is 11.9 Å². The Balaban J connectivity index is 1.34. The zero-order chi connectivity index (χ0) is 19.3. The van der Waals surface area contributed by atoms with Crippen molar-refractivity contribution < 1.29 is 19.4 Å². The Morgan fingerprint density at radius 1 is 1.00 bits per heavy atom. The van der Waals surface area contributed by atoms with Crippen LogP contribution in [-0.2, 0) is 9.53 Å². The van der Waals surface area contributed by atoms with E-state index in [-0.39, 0.29) is 30.6 Å². The second-order valence-electron chi connectivity index (χ2n) is 8.08. The Morgan fingerprint density at radius 2 is 1.64 bits per heavy atom. The minimum Gasteiger partial charge on any atom is -0.481 e. The van der Waals surface area contributed by atoms with E-state index in [0.29, 0.717) is 6.54 Å². The number of hydrogen-bond acceptors (Lipinski definition) is 3. The van der Waals surface area contributed by atoms with Gasteiger partial charge in [-0.2, -0.15) is 0 Å². The Morgan fingerprint density at radius 3 is 2.25 bits per heavy atom. The zero-order valence-corrected chi connectivity index (χ0v) is 15.6. The van der Waals surface area contributed by atoms with Crippen LogP contribution in [0.15, 0.2) is 48.5 Å². The molecule has 1 saturated carbocycles. The lowest BCUT2D eigenvalue weighted by molar-refractivity contribution is -0.144. The Labute approximate surface area is 163 Å². The third kappa shape index (κ3) is 2.60. The van der Waals surface area contributed by atoms with Crippen molar-refractivity contribution >= 4 is 12.1 Å². The fourth-order valence-corrected chi connectivity index (χ4v) is 5.46. The molecule has 5 rings (SSSR count). The molecule has 1 heterocycles. The first-order chi connectivity index (χ1) is 13.6. The van der Waals surface area contributed by atoms with Crippen LogP contribution < -0.4 is 0 Å². The highest BCUT2D eigenvalue weighted by molar-refractivity contribution is 5.79. The standard InChI is InChI=1S/C23H23NO4/c25-22(26)21-14-6-5-11-20(21)24(12-14)23(27)28-13-19-17-9-3-1-7-15(17)16-8-2-4-10-18(16)19/h1-4,7-10,14,19-21H,5-6,11-13H2,(H,25,26). The van der Waals surface area contributed by atoms with Crippen molar-refractivity contribution in [2.75, 3.05) is 13.2 Å². The molecular weight excluding hydrogens is 354 g/mol. The number of carboxylic acid groups (broad SMARTS) is 1. The first-order valence-electron chi connectivity index (χ1n) is 9.99. The van der Waals surface area contributed by atoms with Crippen LogP contribution in [0.1, 0.15) is 36.3 Å². The second kappa shape index (κ2) is 6.66. The summed E-state index contributed by atoms with van der Waals surface area (Å²) in [5, 5.41) is 9.56. The molecule has 3 atom stereocenters. The van der Waals surface area contributed by atoms with Gasteiger partial charge in [0.2, 0.25) is 0 Å². The minimum atomic E-state index is -0.788. The summed E-state index contributed by atoms with van der Waals surface area (Å²) in [4.78, 5) is 26.2. The molecule has 2 bridgehead atoms. The van der Waals surface area contributed by atoms with Crippen molar-refractivity contribution in [3.05, 3.63) is 59.7 Å². The first kappa shape index (κ1) is 17.3. The van der Waals surface area contributed by atoms with E-state index in [2.05, 4.69) is 24.3 Å². The van der Waals surface area contributed by atoms with Gasteiger partial charge in [0.05, 0.1) is 5.92 Å². The summed E-state index contributed by atoms with van der Waals surface area (Å²) in [7, 11) is 0. The van der Waals surface area contributed by atoms with E-state index in [0.717, 1.165) is 19.3 Å². The van der Waals surface area contributed by atoms with Gasteiger partial charge in [-0.3, -0.25) is 4.79 Å². The van der Waals surface area contributed by atoms with Crippen molar-refractivity contribution in [3.63, 3.8) is 0 Å². The van der Waals surface area contributed by atoms with E-state index in [1.807, 2.05) is 24.3 Å². The summed E-state index contributed by atoms with van der Waals surface area (Å²) in [5.41, 5.74) is 4.75. The summed E-state index contributed by atoms with van der Waals surface area (Å²) in [6.07, 6.45) is 2.23. The molecule has 5 heteroatoms. The van der Waals surface area contributed by atoms with Crippen LogP contribution >= 0.6 is 0 Å². The van der Waals surface area contributed by atoms with Crippen molar-refractivity contribution in [1.29, 1.82) is 0 Å². The summed E-state index contributed by atoms with van der Waals surface area (Å²) in [5.74, 6) is -1.16. The van der Waals surface area contributed by atoms with Crippen LogP contribution in [0.5, 0.6) is 0 Å². The molecule has 144 valence electrons. The normalized spacial score (nSPS) is 25.3. The van der Waals surface area contributed by atoms with E-state index in [1.165, 1.54) is 22.3 Å². The Kier molecular flexibility index (Phi) is 4.11. The third-order valence-corrected chi connectivity index (χ3v) is 6.68. The highest BCUT2D eigenvalue weighted by Crippen LogP contribution is 2.45. The number of ether oxygens (including phenoxy) is 1. The highest BCUT2D eigenvalue weighted by atomic mass is 16.6. The molecule has 1 saturated heterocycles. The fourth-order valence-electron chi connectivity index (χ4n) is 5.46. The lowest BCUT2D eigenvalue weighted by Gasteiger charge is -2.28. The SMILES string of the molecule is O=C(O)C1C2CCCC1N(C(=O)OCC1c3ccccc3-c3ccccc31)C2. The van der Waals surface area contributed by atoms with Gasteiger partial charge in [-0.15, -0.1) is 0 Å². The van der Waals surface area contributed by atoms with Crippen LogP contribution in [-0.4, -0.2) is 41.3 Å². The van der Waals surface area contributed by atoms with Gasteiger partial charge in [0.15, 0.2) is 0 Å². The van der Waals surface area contributed by atoms with Crippen molar-refractivity contribution in [2.45, 2.75) is 31.2 Å². The molecule has 2 aliphatic carbocycles. The van der Waals surface area contributed by atoms with Crippen LogP contribution in [0, 0.1) is 11.8 Å². The van der Waals surface area contributed by atoms with Gasteiger partial charge in [0.1, 0.15) is 6.61 Å². The predicted molar refractivity (Wildman–Crippen MR) is 104 cm³/mol. The average molecular weight is 377 g/mol. The number of carbonyl (C=O) groups is 2. The number of hydrogen-bond donors (Lipinski definition) is 1. The zero-order valence-electron chi connectivity index (χ0n) is 15.6. The molecule has 1 aliphatic heterocycles. The molecule has 2 aromatic rings. The fraction of sp³-hybridized carbons (Fsp3) is 0.391. The summed E-state index contributed by atoms with van der Waals surface area (Å²) < 4.78 is 5.75. The van der Waals surface area contributed by atoms with Crippen molar-refractivity contribution in [2.24, 2.45) is 11.8 Å². The molecule has 1 amide bonds. The molecule has 3 aliphatic rings. The number of amides is 1. The monoisotopic (exact) mass is 377 g/mol. The number of likely N-dealkylation sites (tertiary alicyclic amines) is 1. The second-order valence-corrected chi connectivity index (χ2v) is 8.08. The maximum absolute atomic E-state index is 12.8. The lowest BCUT2D eigenvalue weighted by Crippen LogP contribution is -2.41. The maximum atomic E-state index is 12.8. The number of carboxylic acids is 1. The number of fused-ring (bicyclic) bond motifs is 5. The Bertz CT molecular complexity index is 894. The van der Waals surface area contributed by atoms with Gasteiger partial charge in [-0.1, -0.05) is 55.0 Å². The average Bonchev–Trinajstić information content (AvgIpc) is 3.15. The van der Waals surface area contributed by atoms with Gasteiger partial charge in [0, 0.05) is 18.5 Å². The van der Waals surface area contributed by atoms with E-state index in [9.17, 15) is 14.7 Å². The molecule has 0 spiro atoms. The van der Waals surface area contributed by atoms with Gasteiger partial charge in [-0.25, -0.2) is 4.79 Å². The molecule has 0 radical (unpaired) electrons. The Hall–Kier alpha value is -2.82. The lowest BCUT2D eigenvalue weighted by atomic mass is 9.80. The number of rotatable bonds is 3. The van der Waals surface area contributed by atoms with Crippen molar-refractivity contribution in [1.82, 2.24) is 4.90 Å². The minimum absolute atomic E-state index is 0.0219. The van der Waals surface area contributed by atoms with Gasteiger partial charge in [-0.05, 0) is 41.0 Å². The van der Waals surface area contributed by atoms with Gasteiger partial charge in [0.25, 0.3) is 0 Å². The number of aliphatic carboxylic acids is 1. The molecule has 2 fully saturated rings. The van der Waals surface area contributed by atoms with Crippen molar-refractivity contribution in [3.8, 4) is 11.1 Å². The highest BCUT2D eigenvalue weighted by Gasteiger charge is 2.50. The summed E-state index contributed by atoms with van der Waals surface area (Å²) >= 11 is 0. The van der Waals surface area contributed by atoms with Gasteiger partial charge >= 0.3 is 12.1 Å². The molecule has 3 unspecified atom stereocenters. The molecule has 5 nitrogen and oxygen atoms in total. The van der Waals surface area contributed by atoms with Crippen LogP contribution in [0.25, 0.3) is 11.1 Å². The molecule has 28 heavy (non-hydrogen) atoms. The predicted octanol–water partition coefficient (Wildman–Crippen LogP) is 4.12. The summed E-state index contributed by atoms with van der Waals surface area (Å²) in [6, 6.07) is 16.3. The van der Waals surface area contributed by atoms with Crippen LogP contribution in [0.4, 0.5) is 4.79 Å².